The summed E-state index contributed by atoms with van der Waals surface area (Å²) in [6.07, 6.45) is 1.61. The van der Waals surface area contributed by atoms with Gasteiger partial charge in [0.1, 0.15) is 12.0 Å². The number of hydrogen-bond acceptors (Lipinski definition) is 6. The molecule has 1 saturated heterocycles. The van der Waals surface area contributed by atoms with Crippen LogP contribution in [0.25, 0.3) is 0 Å². The van der Waals surface area contributed by atoms with E-state index in [0.717, 1.165) is 55.8 Å². The van der Waals surface area contributed by atoms with Gasteiger partial charge in [-0.15, -0.1) is 24.0 Å². The lowest BCUT2D eigenvalue weighted by Gasteiger charge is -2.36. The Hall–Kier alpha value is -1.62. The van der Waals surface area contributed by atoms with E-state index in [1.165, 1.54) is 0 Å². The Bertz CT molecular complexity index is 657. The predicted octanol–water partition coefficient (Wildman–Crippen LogP) is 1.79. The Kier molecular flexibility index (Phi) is 7.24. The summed E-state index contributed by atoms with van der Waals surface area (Å²) in [6, 6.07) is 1.91. The molecular formula is C16H25IN6O2. The topological polar surface area (TPSA) is 82.9 Å². The van der Waals surface area contributed by atoms with Crippen LogP contribution < -0.4 is 5.32 Å². The molecule has 1 N–H and O–H groups in total. The maximum atomic E-state index is 5.60. The number of nitrogens with zero attached hydrogens (tertiary/aromatic N) is 5. The molecule has 8 nitrogen and oxygen atoms in total. The van der Waals surface area contributed by atoms with Crippen LogP contribution in [0.3, 0.4) is 0 Å². The zero-order valence-electron chi connectivity index (χ0n) is 14.9. The molecule has 138 valence electrons. The third kappa shape index (κ3) is 5.18. The van der Waals surface area contributed by atoms with Crippen molar-refractivity contribution in [1.29, 1.82) is 0 Å². The van der Waals surface area contributed by atoms with Gasteiger partial charge in [-0.05, 0) is 13.8 Å². The predicted molar refractivity (Wildman–Crippen MR) is 105 cm³/mol. The highest BCUT2D eigenvalue weighted by Gasteiger charge is 2.20. The molecule has 0 aromatic carbocycles. The molecule has 0 amide bonds. The first-order valence-corrected chi connectivity index (χ1v) is 8.16. The number of oxazole rings is 1. The molecule has 25 heavy (non-hydrogen) atoms. The van der Waals surface area contributed by atoms with Gasteiger partial charge in [-0.2, -0.15) is 0 Å². The number of aryl methyl sites for hydroxylation is 2. The van der Waals surface area contributed by atoms with Crippen molar-refractivity contribution in [3.63, 3.8) is 0 Å². The van der Waals surface area contributed by atoms with Crippen LogP contribution >= 0.6 is 24.0 Å². The van der Waals surface area contributed by atoms with Gasteiger partial charge in [-0.1, -0.05) is 5.16 Å². The van der Waals surface area contributed by atoms with Crippen molar-refractivity contribution in [2.45, 2.75) is 26.9 Å². The summed E-state index contributed by atoms with van der Waals surface area (Å²) in [6.45, 7) is 9.00. The first-order valence-electron chi connectivity index (χ1n) is 8.16. The summed E-state index contributed by atoms with van der Waals surface area (Å²) in [4.78, 5) is 13.4. The maximum Gasteiger partial charge on any atom is 0.214 e. The minimum atomic E-state index is 0. The zero-order valence-corrected chi connectivity index (χ0v) is 17.2. The van der Waals surface area contributed by atoms with Crippen LogP contribution in [0.1, 0.15) is 23.0 Å². The van der Waals surface area contributed by atoms with Crippen molar-refractivity contribution in [1.82, 2.24) is 25.3 Å². The molecule has 0 atom stereocenters. The van der Waals surface area contributed by atoms with Crippen LogP contribution in [0.2, 0.25) is 0 Å². The van der Waals surface area contributed by atoms with Crippen molar-refractivity contribution in [3.8, 4) is 0 Å². The van der Waals surface area contributed by atoms with E-state index in [9.17, 15) is 0 Å². The number of aromatic nitrogens is 2. The second kappa shape index (κ2) is 9.18. The van der Waals surface area contributed by atoms with Crippen molar-refractivity contribution >= 4 is 29.9 Å². The third-order valence-electron chi connectivity index (χ3n) is 4.23. The van der Waals surface area contributed by atoms with Crippen molar-refractivity contribution in [2.24, 2.45) is 4.99 Å². The fourth-order valence-electron chi connectivity index (χ4n) is 2.77. The molecule has 0 unspecified atom stereocenters. The summed E-state index contributed by atoms with van der Waals surface area (Å²) >= 11 is 0. The maximum absolute atomic E-state index is 5.60. The van der Waals surface area contributed by atoms with Crippen molar-refractivity contribution in [2.75, 3.05) is 33.2 Å². The molecule has 0 radical (unpaired) electrons. The second-order valence-corrected chi connectivity index (χ2v) is 5.90. The van der Waals surface area contributed by atoms with Gasteiger partial charge in [0.2, 0.25) is 5.89 Å². The largest absolute Gasteiger partial charge is 0.444 e. The summed E-state index contributed by atoms with van der Waals surface area (Å²) < 4.78 is 10.5. The van der Waals surface area contributed by atoms with Crippen LogP contribution in [0.5, 0.6) is 0 Å². The standard InChI is InChI=1S/C16H24N6O2.HI/c1-12-13(2)24-15(19-12)10-18-16(17-3)22-7-5-21(6-8-22)11-14-4-9-23-20-14;/h4,9H,5-8,10-11H2,1-3H3,(H,17,18);1H. The average molecular weight is 460 g/mol. The average Bonchev–Trinajstić information content (AvgIpc) is 3.20. The van der Waals surface area contributed by atoms with Gasteiger partial charge in [-0.3, -0.25) is 9.89 Å². The number of guanidine groups is 1. The molecule has 1 fully saturated rings. The zero-order chi connectivity index (χ0) is 16.9. The fraction of sp³-hybridized carbons (Fsp3) is 0.562. The van der Waals surface area contributed by atoms with Crippen molar-refractivity contribution in [3.05, 3.63) is 35.4 Å². The van der Waals surface area contributed by atoms with Crippen LogP contribution in [0, 0.1) is 13.8 Å². The van der Waals surface area contributed by atoms with Crippen LogP contribution in [0.15, 0.2) is 26.3 Å². The van der Waals surface area contributed by atoms with Crippen LogP contribution in [-0.4, -0.2) is 59.1 Å². The number of rotatable bonds is 4. The lowest BCUT2D eigenvalue weighted by molar-refractivity contribution is 0.168. The monoisotopic (exact) mass is 460 g/mol. The Labute approximate surface area is 164 Å². The first-order chi connectivity index (χ1) is 11.7. The highest BCUT2D eigenvalue weighted by Crippen LogP contribution is 2.09. The lowest BCUT2D eigenvalue weighted by atomic mass is 10.3. The number of nitrogens with one attached hydrogen (secondary N) is 1. The molecule has 0 saturated carbocycles. The smallest absolute Gasteiger partial charge is 0.214 e. The SMILES string of the molecule is CN=C(NCc1nc(C)c(C)o1)N1CCN(Cc2ccon2)CC1.I. The molecule has 1 aliphatic heterocycles. The van der Waals surface area contributed by atoms with Gasteiger partial charge in [0.25, 0.3) is 0 Å². The van der Waals surface area contributed by atoms with E-state index in [0.29, 0.717) is 12.4 Å². The van der Waals surface area contributed by atoms with E-state index >= 15 is 0 Å². The number of halogens is 1. The second-order valence-electron chi connectivity index (χ2n) is 5.90. The Balaban J connectivity index is 0.00000225. The molecule has 2 aromatic rings. The normalized spacial score (nSPS) is 16.0. The Morgan fingerprint density at radius 1 is 1.28 bits per heavy atom. The summed E-state index contributed by atoms with van der Waals surface area (Å²) in [7, 11) is 1.80. The highest BCUT2D eigenvalue weighted by atomic mass is 127. The van der Waals surface area contributed by atoms with E-state index in [4.69, 9.17) is 8.94 Å². The minimum absolute atomic E-state index is 0. The van der Waals surface area contributed by atoms with Gasteiger partial charge in [0.05, 0.1) is 17.9 Å². The minimum Gasteiger partial charge on any atom is -0.444 e. The van der Waals surface area contributed by atoms with E-state index in [1.54, 1.807) is 13.3 Å². The molecule has 9 heteroatoms. The first kappa shape index (κ1) is 19.7. The van der Waals surface area contributed by atoms with E-state index < -0.39 is 0 Å². The molecule has 0 bridgehead atoms. The van der Waals surface area contributed by atoms with E-state index in [1.807, 2.05) is 19.9 Å². The van der Waals surface area contributed by atoms with Gasteiger partial charge in [0, 0.05) is 45.8 Å². The molecule has 3 heterocycles. The molecule has 3 rings (SSSR count). The number of hydrogen-bond donors (Lipinski definition) is 1. The van der Waals surface area contributed by atoms with Gasteiger partial charge < -0.3 is 19.2 Å². The van der Waals surface area contributed by atoms with E-state index in [-0.39, 0.29) is 24.0 Å². The highest BCUT2D eigenvalue weighted by molar-refractivity contribution is 14.0. The summed E-state index contributed by atoms with van der Waals surface area (Å²) in [5.74, 6) is 2.43. The fourth-order valence-corrected chi connectivity index (χ4v) is 2.77. The molecule has 0 aliphatic carbocycles. The summed E-state index contributed by atoms with van der Waals surface area (Å²) in [5.41, 5.74) is 1.91. The number of aliphatic imine (C=N–C) groups is 1. The Morgan fingerprint density at radius 2 is 2.04 bits per heavy atom. The molecule has 1 aliphatic rings. The quantitative estimate of drug-likeness (QED) is 0.423. The number of piperazine rings is 1. The lowest BCUT2D eigenvalue weighted by Crippen LogP contribution is -2.52. The Morgan fingerprint density at radius 3 is 2.60 bits per heavy atom. The van der Waals surface area contributed by atoms with Gasteiger partial charge >= 0.3 is 0 Å². The third-order valence-corrected chi connectivity index (χ3v) is 4.23. The summed E-state index contributed by atoms with van der Waals surface area (Å²) in [5, 5.41) is 7.30. The van der Waals surface area contributed by atoms with Crippen LogP contribution in [0.4, 0.5) is 0 Å². The molecule has 2 aromatic heterocycles. The molecule has 0 spiro atoms. The van der Waals surface area contributed by atoms with Gasteiger partial charge in [0.15, 0.2) is 5.96 Å². The molecular weight excluding hydrogens is 435 g/mol. The van der Waals surface area contributed by atoms with Gasteiger partial charge in [-0.25, -0.2) is 4.98 Å². The van der Waals surface area contributed by atoms with Crippen LogP contribution in [-0.2, 0) is 13.1 Å². The van der Waals surface area contributed by atoms with E-state index in [2.05, 4.69) is 30.2 Å². The van der Waals surface area contributed by atoms with Crippen molar-refractivity contribution < 1.29 is 8.94 Å².